The number of rotatable bonds is 7. The van der Waals surface area contributed by atoms with Crippen LogP contribution in [0.1, 0.15) is 40.9 Å². The Morgan fingerprint density at radius 3 is 2.83 bits per heavy atom. The molecule has 0 atom stereocenters. The van der Waals surface area contributed by atoms with Crippen LogP contribution >= 0.6 is 0 Å². The van der Waals surface area contributed by atoms with Crippen molar-refractivity contribution in [2.45, 2.75) is 25.8 Å². The Morgan fingerprint density at radius 1 is 1.19 bits per heavy atom. The summed E-state index contributed by atoms with van der Waals surface area (Å²) in [6.45, 7) is 2.31. The lowest BCUT2D eigenvalue weighted by atomic mass is 10.0. The zero-order chi connectivity index (χ0) is 25.1. The molecule has 8 nitrogen and oxygen atoms in total. The molecule has 1 aliphatic rings. The number of aromatic nitrogens is 4. The van der Waals surface area contributed by atoms with Gasteiger partial charge in [0.2, 0.25) is 0 Å². The third-order valence-electron chi connectivity index (χ3n) is 6.46. The normalized spacial score (nSPS) is 14.4. The number of carbonyl (C=O) groups is 1. The van der Waals surface area contributed by atoms with Gasteiger partial charge >= 0.3 is 0 Å². The third-order valence-corrected chi connectivity index (χ3v) is 6.46. The molecule has 0 radical (unpaired) electrons. The molecule has 4 aromatic rings. The summed E-state index contributed by atoms with van der Waals surface area (Å²) in [4.78, 5) is 30.1. The predicted molar refractivity (Wildman–Crippen MR) is 130 cm³/mol. The molecular formula is C26H25F2N5O3. The van der Waals surface area contributed by atoms with E-state index in [1.54, 1.807) is 36.4 Å². The van der Waals surface area contributed by atoms with Gasteiger partial charge in [0, 0.05) is 30.9 Å². The quantitative estimate of drug-likeness (QED) is 0.406. The van der Waals surface area contributed by atoms with Crippen LogP contribution < -0.4 is 10.9 Å². The van der Waals surface area contributed by atoms with Crippen molar-refractivity contribution in [2.24, 2.45) is 5.92 Å². The molecule has 3 heterocycles. The van der Waals surface area contributed by atoms with Gasteiger partial charge in [0.05, 0.1) is 30.0 Å². The Kier molecular flexibility index (Phi) is 6.86. The number of hydrogen-bond acceptors (Lipinski definition) is 5. The van der Waals surface area contributed by atoms with Crippen molar-refractivity contribution in [3.8, 4) is 11.1 Å². The Balaban J connectivity index is 1.33. The second kappa shape index (κ2) is 10.4. The van der Waals surface area contributed by atoms with Gasteiger partial charge in [0.1, 0.15) is 5.69 Å². The molecule has 1 aliphatic heterocycles. The minimum Gasteiger partial charge on any atom is -0.381 e. The largest absolute Gasteiger partial charge is 0.381 e. The van der Waals surface area contributed by atoms with Crippen molar-refractivity contribution in [3.05, 3.63) is 82.2 Å². The van der Waals surface area contributed by atoms with E-state index in [9.17, 15) is 18.4 Å². The highest BCUT2D eigenvalue weighted by atomic mass is 19.3. The maximum Gasteiger partial charge on any atom is 0.280 e. The van der Waals surface area contributed by atoms with Crippen LogP contribution in [-0.4, -0.2) is 45.4 Å². The number of ether oxygens (including phenoxy) is 1. The van der Waals surface area contributed by atoms with Crippen LogP contribution in [0, 0.1) is 5.92 Å². The smallest absolute Gasteiger partial charge is 0.280 e. The molecule has 5 rings (SSSR count). The van der Waals surface area contributed by atoms with Crippen molar-refractivity contribution < 1.29 is 18.3 Å². The number of nitrogens with zero attached hydrogens (tertiary/aromatic N) is 3. The summed E-state index contributed by atoms with van der Waals surface area (Å²) in [5.41, 5.74) is 1.94. The molecule has 0 saturated carbocycles. The Labute approximate surface area is 205 Å². The fourth-order valence-corrected chi connectivity index (χ4v) is 4.43. The monoisotopic (exact) mass is 493 g/mol. The molecule has 36 heavy (non-hydrogen) atoms. The predicted octanol–water partition coefficient (Wildman–Crippen LogP) is 3.93. The number of H-pyrrole nitrogens is 1. The summed E-state index contributed by atoms with van der Waals surface area (Å²) in [6.07, 6.45) is 1.94. The molecule has 0 bridgehead atoms. The molecule has 10 heteroatoms. The number of amides is 1. The molecule has 2 aromatic carbocycles. The third kappa shape index (κ3) is 5.03. The summed E-state index contributed by atoms with van der Waals surface area (Å²) in [7, 11) is 0. The summed E-state index contributed by atoms with van der Waals surface area (Å²) in [6, 6.07) is 11.9. The lowest BCUT2D eigenvalue weighted by molar-refractivity contribution is 0.0642. The minimum atomic E-state index is -2.70. The van der Waals surface area contributed by atoms with Crippen LogP contribution in [0.5, 0.6) is 0 Å². The van der Waals surface area contributed by atoms with Crippen LogP contribution in [0.3, 0.4) is 0 Å². The van der Waals surface area contributed by atoms with Crippen molar-refractivity contribution in [1.82, 2.24) is 25.1 Å². The first-order valence-corrected chi connectivity index (χ1v) is 11.8. The number of aromatic amines is 1. The lowest BCUT2D eigenvalue weighted by Gasteiger charge is -2.22. The minimum absolute atomic E-state index is 0.151. The maximum atomic E-state index is 13.2. The summed E-state index contributed by atoms with van der Waals surface area (Å²) < 4.78 is 33.3. The molecule has 0 unspecified atom stereocenters. The average Bonchev–Trinajstić information content (AvgIpc) is 3.40. The van der Waals surface area contributed by atoms with Crippen molar-refractivity contribution in [3.63, 3.8) is 0 Å². The molecular weight excluding hydrogens is 468 g/mol. The van der Waals surface area contributed by atoms with Gasteiger partial charge in [-0.3, -0.25) is 19.3 Å². The number of halogens is 2. The van der Waals surface area contributed by atoms with E-state index in [-0.39, 0.29) is 29.3 Å². The average molecular weight is 494 g/mol. The first kappa shape index (κ1) is 23.8. The van der Waals surface area contributed by atoms with Gasteiger partial charge in [0.15, 0.2) is 0 Å². The van der Waals surface area contributed by atoms with Gasteiger partial charge in [0.25, 0.3) is 17.9 Å². The summed E-state index contributed by atoms with van der Waals surface area (Å²) >= 11 is 0. The van der Waals surface area contributed by atoms with Gasteiger partial charge in [-0.15, -0.1) is 0 Å². The highest BCUT2D eigenvalue weighted by Gasteiger charge is 2.18. The van der Waals surface area contributed by atoms with E-state index >= 15 is 0 Å². The molecule has 186 valence electrons. The van der Waals surface area contributed by atoms with Crippen molar-refractivity contribution in [2.75, 3.05) is 19.8 Å². The van der Waals surface area contributed by atoms with E-state index in [1.165, 1.54) is 17.1 Å². The number of benzene rings is 2. The molecule has 1 saturated heterocycles. The molecule has 2 N–H and O–H groups in total. The topological polar surface area (TPSA) is 102 Å². The first-order chi connectivity index (χ1) is 17.5. The van der Waals surface area contributed by atoms with Crippen LogP contribution in [0.4, 0.5) is 8.78 Å². The summed E-state index contributed by atoms with van der Waals surface area (Å²) in [5.74, 6) is 0.270. The van der Waals surface area contributed by atoms with E-state index in [1.807, 2.05) is 6.07 Å². The van der Waals surface area contributed by atoms with Crippen LogP contribution in [-0.2, 0) is 11.3 Å². The standard InChI is InChI=1S/C26H25F2N5O3/c27-24(28)23-21(13-31-32-23)18-4-5-20-22(11-18)30-15-33(26(20)35)14-17-2-1-3-19(10-17)25(34)29-12-16-6-8-36-9-7-16/h1-5,10-11,13,15-16,24H,6-9,12,14H2,(H,29,34)(H,31,32). The van der Waals surface area contributed by atoms with Crippen molar-refractivity contribution in [1.29, 1.82) is 0 Å². The zero-order valence-electron chi connectivity index (χ0n) is 19.4. The highest BCUT2D eigenvalue weighted by molar-refractivity contribution is 5.94. The molecule has 1 fully saturated rings. The fourth-order valence-electron chi connectivity index (χ4n) is 4.43. The Bertz CT molecular complexity index is 1440. The second-order valence-electron chi connectivity index (χ2n) is 8.87. The van der Waals surface area contributed by atoms with Crippen LogP contribution in [0.15, 0.2) is 59.8 Å². The zero-order valence-corrected chi connectivity index (χ0v) is 19.4. The number of fused-ring (bicyclic) bond motifs is 1. The van der Waals surface area contributed by atoms with Gasteiger partial charge in [-0.2, -0.15) is 5.10 Å². The van der Waals surface area contributed by atoms with Gasteiger partial charge in [-0.1, -0.05) is 18.2 Å². The first-order valence-electron chi connectivity index (χ1n) is 11.8. The van der Waals surface area contributed by atoms with E-state index in [4.69, 9.17) is 4.74 Å². The number of nitrogens with one attached hydrogen (secondary N) is 2. The lowest BCUT2D eigenvalue weighted by Crippen LogP contribution is -2.32. The number of alkyl halides is 2. The number of hydrogen-bond donors (Lipinski definition) is 2. The van der Waals surface area contributed by atoms with E-state index in [2.05, 4.69) is 20.5 Å². The Morgan fingerprint density at radius 2 is 2.03 bits per heavy atom. The summed E-state index contributed by atoms with van der Waals surface area (Å²) in [5, 5.41) is 9.39. The van der Waals surface area contributed by atoms with E-state index in [0.717, 1.165) is 31.6 Å². The maximum absolute atomic E-state index is 13.2. The molecule has 2 aromatic heterocycles. The molecule has 0 spiro atoms. The SMILES string of the molecule is O=C(NCC1CCOCC1)c1cccc(Cn2cnc3cc(-c4cn[nH]c4C(F)F)ccc3c2=O)c1. The Hall–Kier alpha value is -3.92. The van der Waals surface area contributed by atoms with Gasteiger partial charge in [-0.05, 0) is 54.2 Å². The van der Waals surface area contributed by atoms with Crippen LogP contribution in [0.25, 0.3) is 22.0 Å². The van der Waals surface area contributed by atoms with E-state index < -0.39 is 6.43 Å². The second-order valence-corrected chi connectivity index (χ2v) is 8.87. The number of carbonyl (C=O) groups excluding carboxylic acids is 1. The van der Waals surface area contributed by atoms with E-state index in [0.29, 0.717) is 34.5 Å². The molecule has 0 aliphatic carbocycles. The van der Waals surface area contributed by atoms with Crippen LogP contribution in [0.2, 0.25) is 0 Å². The highest BCUT2D eigenvalue weighted by Crippen LogP contribution is 2.30. The van der Waals surface area contributed by atoms with Crippen molar-refractivity contribution >= 4 is 16.8 Å². The van der Waals surface area contributed by atoms with Gasteiger partial charge < -0.3 is 10.1 Å². The fraction of sp³-hybridized carbons (Fsp3) is 0.308. The van der Waals surface area contributed by atoms with Gasteiger partial charge in [-0.25, -0.2) is 13.8 Å². The molecule has 1 amide bonds.